The van der Waals surface area contributed by atoms with Crippen molar-refractivity contribution in [2.24, 2.45) is 0 Å². The maximum absolute atomic E-state index is 12.3. The van der Waals surface area contributed by atoms with E-state index in [0.29, 0.717) is 16.9 Å². The molecule has 0 radical (unpaired) electrons. The standard InChI is InChI=1S/C24H21NO6/c1-16-3-10-21(25(28)29)24(13-16)31-15-19-14-17(5-12-23(19)30-2)4-11-22(27)18-6-8-20(26)9-7-18/h3-14,26H,15H2,1-2H3. The van der Waals surface area contributed by atoms with E-state index in [1.807, 2.05) is 6.92 Å². The van der Waals surface area contributed by atoms with Crippen molar-refractivity contribution in [1.29, 1.82) is 0 Å². The number of benzene rings is 3. The molecule has 0 fully saturated rings. The van der Waals surface area contributed by atoms with E-state index in [0.717, 1.165) is 11.1 Å². The molecule has 0 saturated heterocycles. The number of carbonyl (C=O) groups is 1. The lowest BCUT2D eigenvalue weighted by Gasteiger charge is -2.12. The molecule has 0 aliphatic rings. The number of hydrogen-bond donors (Lipinski definition) is 1. The number of phenols is 1. The van der Waals surface area contributed by atoms with Gasteiger partial charge in [0.25, 0.3) is 0 Å². The number of phenolic OH excluding ortho intramolecular Hbond substituents is 1. The lowest BCUT2D eigenvalue weighted by molar-refractivity contribution is -0.386. The minimum atomic E-state index is -0.486. The summed E-state index contributed by atoms with van der Waals surface area (Å²) in [6, 6.07) is 16.0. The summed E-state index contributed by atoms with van der Waals surface area (Å²) in [5, 5.41) is 20.6. The van der Waals surface area contributed by atoms with Crippen LogP contribution in [0.15, 0.2) is 66.7 Å². The molecule has 0 saturated carbocycles. The Morgan fingerprint density at radius 2 is 1.81 bits per heavy atom. The van der Waals surface area contributed by atoms with Crippen LogP contribution in [0.5, 0.6) is 17.2 Å². The van der Waals surface area contributed by atoms with Gasteiger partial charge in [-0.1, -0.05) is 18.2 Å². The Morgan fingerprint density at radius 1 is 1.06 bits per heavy atom. The second-order valence-electron chi connectivity index (χ2n) is 6.83. The van der Waals surface area contributed by atoms with Crippen molar-refractivity contribution in [2.75, 3.05) is 7.11 Å². The Hall–Kier alpha value is -4.13. The number of nitrogens with zero attached hydrogens (tertiary/aromatic N) is 1. The third kappa shape index (κ3) is 5.48. The number of aryl methyl sites for hydroxylation is 1. The van der Waals surface area contributed by atoms with Gasteiger partial charge < -0.3 is 14.6 Å². The van der Waals surface area contributed by atoms with Crippen LogP contribution in [0.1, 0.15) is 27.0 Å². The summed E-state index contributed by atoms with van der Waals surface area (Å²) in [5.41, 5.74) is 2.61. The van der Waals surface area contributed by atoms with E-state index in [2.05, 4.69) is 0 Å². The number of hydrogen-bond acceptors (Lipinski definition) is 6. The molecule has 3 aromatic carbocycles. The van der Waals surface area contributed by atoms with E-state index >= 15 is 0 Å². The molecule has 158 valence electrons. The normalized spacial score (nSPS) is 10.8. The Bertz CT molecular complexity index is 1140. The monoisotopic (exact) mass is 419 g/mol. The molecule has 31 heavy (non-hydrogen) atoms. The maximum Gasteiger partial charge on any atom is 0.310 e. The number of ketones is 1. The molecule has 0 atom stereocenters. The minimum absolute atomic E-state index is 0.0566. The first-order valence-corrected chi connectivity index (χ1v) is 9.43. The number of aromatic hydroxyl groups is 1. The first-order chi connectivity index (χ1) is 14.9. The van der Waals surface area contributed by atoms with E-state index < -0.39 is 4.92 Å². The number of nitro groups is 1. The molecule has 3 aromatic rings. The summed E-state index contributed by atoms with van der Waals surface area (Å²) in [7, 11) is 1.53. The second-order valence-corrected chi connectivity index (χ2v) is 6.83. The molecule has 0 unspecified atom stereocenters. The molecule has 7 heteroatoms. The third-order valence-corrected chi connectivity index (χ3v) is 4.58. The molecule has 0 aliphatic heterocycles. The van der Waals surface area contributed by atoms with Gasteiger partial charge in [0.1, 0.15) is 18.1 Å². The highest BCUT2D eigenvalue weighted by Crippen LogP contribution is 2.30. The van der Waals surface area contributed by atoms with Gasteiger partial charge in [0.05, 0.1) is 12.0 Å². The summed E-state index contributed by atoms with van der Waals surface area (Å²) in [6.07, 6.45) is 3.09. The first kappa shape index (κ1) is 21.6. The number of carbonyl (C=O) groups excluding carboxylic acids is 1. The second kappa shape index (κ2) is 9.58. The maximum atomic E-state index is 12.3. The predicted octanol–water partition coefficient (Wildman–Crippen LogP) is 5.09. The molecule has 7 nitrogen and oxygen atoms in total. The molecular formula is C24H21NO6. The lowest BCUT2D eigenvalue weighted by Crippen LogP contribution is -2.02. The Kier molecular flexibility index (Phi) is 6.67. The Balaban J connectivity index is 1.80. The van der Waals surface area contributed by atoms with Crippen LogP contribution in [0.25, 0.3) is 6.08 Å². The Morgan fingerprint density at radius 3 is 2.48 bits per heavy atom. The van der Waals surface area contributed by atoms with Crippen molar-refractivity contribution in [2.45, 2.75) is 13.5 Å². The fraction of sp³-hybridized carbons (Fsp3) is 0.125. The van der Waals surface area contributed by atoms with Gasteiger partial charge in [0.2, 0.25) is 0 Å². The van der Waals surface area contributed by atoms with Crippen molar-refractivity contribution in [1.82, 2.24) is 0 Å². The van der Waals surface area contributed by atoms with Crippen LogP contribution in [0.3, 0.4) is 0 Å². The summed E-state index contributed by atoms with van der Waals surface area (Å²) in [5.74, 6) is 0.631. The van der Waals surface area contributed by atoms with Crippen LogP contribution in [0.2, 0.25) is 0 Å². The van der Waals surface area contributed by atoms with Crippen LogP contribution in [0, 0.1) is 17.0 Å². The van der Waals surface area contributed by atoms with Crippen molar-refractivity contribution < 1.29 is 24.3 Å². The molecular weight excluding hydrogens is 398 g/mol. The quantitative estimate of drug-likeness (QED) is 0.236. The molecule has 0 amide bonds. The number of rotatable bonds is 8. The van der Waals surface area contributed by atoms with Crippen LogP contribution in [0.4, 0.5) is 5.69 Å². The van der Waals surface area contributed by atoms with E-state index in [1.165, 1.54) is 31.4 Å². The Labute approximate surface area is 179 Å². The highest BCUT2D eigenvalue weighted by Gasteiger charge is 2.16. The smallest absolute Gasteiger partial charge is 0.310 e. The molecule has 0 heterocycles. The number of allylic oxidation sites excluding steroid dienone is 1. The summed E-state index contributed by atoms with van der Waals surface area (Å²) in [4.78, 5) is 23.1. The highest BCUT2D eigenvalue weighted by atomic mass is 16.6. The van der Waals surface area contributed by atoms with Gasteiger partial charge in [-0.2, -0.15) is 0 Å². The molecule has 3 rings (SSSR count). The van der Waals surface area contributed by atoms with E-state index in [4.69, 9.17) is 9.47 Å². The topological polar surface area (TPSA) is 98.9 Å². The SMILES string of the molecule is COc1ccc(C=CC(=O)c2ccc(O)cc2)cc1COc1cc(C)ccc1[N+](=O)[O-]. The number of methoxy groups -OCH3 is 1. The first-order valence-electron chi connectivity index (χ1n) is 9.43. The summed E-state index contributed by atoms with van der Waals surface area (Å²) in [6.45, 7) is 1.88. The van der Waals surface area contributed by atoms with Gasteiger partial charge in [-0.25, -0.2) is 0 Å². The van der Waals surface area contributed by atoms with Gasteiger partial charge >= 0.3 is 5.69 Å². The van der Waals surface area contributed by atoms with Crippen LogP contribution >= 0.6 is 0 Å². The van der Waals surface area contributed by atoms with E-state index in [9.17, 15) is 20.0 Å². The average Bonchev–Trinajstić information content (AvgIpc) is 2.76. The van der Waals surface area contributed by atoms with Gasteiger partial charge in [0, 0.05) is 17.2 Å². The van der Waals surface area contributed by atoms with Crippen molar-refractivity contribution >= 4 is 17.5 Å². The van der Waals surface area contributed by atoms with Gasteiger partial charge in [-0.3, -0.25) is 14.9 Å². The van der Waals surface area contributed by atoms with Crippen LogP contribution in [-0.4, -0.2) is 22.9 Å². The average molecular weight is 419 g/mol. The minimum Gasteiger partial charge on any atom is -0.508 e. The molecule has 0 spiro atoms. The summed E-state index contributed by atoms with van der Waals surface area (Å²) >= 11 is 0. The van der Waals surface area contributed by atoms with Crippen LogP contribution in [-0.2, 0) is 6.61 Å². The largest absolute Gasteiger partial charge is 0.508 e. The van der Waals surface area contributed by atoms with Crippen molar-refractivity contribution in [3.8, 4) is 17.2 Å². The zero-order chi connectivity index (χ0) is 22.4. The van der Waals surface area contributed by atoms with E-state index in [1.54, 1.807) is 48.5 Å². The number of ether oxygens (including phenoxy) is 2. The van der Waals surface area contributed by atoms with Crippen molar-refractivity contribution in [3.05, 3.63) is 99.1 Å². The number of nitro benzene ring substituents is 1. The van der Waals surface area contributed by atoms with E-state index in [-0.39, 0.29) is 29.6 Å². The van der Waals surface area contributed by atoms with Crippen molar-refractivity contribution in [3.63, 3.8) is 0 Å². The van der Waals surface area contributed by atoms with Gasteiger partial charge in [0.15, 0.2) is 11.5 Å². The third-order valence-electron chi connectivity index (χ3n) is 4.58. The molecule has 0 aromatic heterocycles. The molecule has 1 N–H and O–H groups in total. The van der Waals surface area contributed by atoms with Gasteiger partial charge in [-0.15, -0.1) is 0 Å². The van der Waals surface area contributed by atoms with Crippen LogP contribution < -0.4 is 9.47 Å². The zero-order valence-corrected chi connectivity index (χ0v) is 17.1. The van der Waals surface area contributed by atoms with Gasteiger partial charge in [-0.05, 0) is 66.6 Å². The molecule has 0 bridgehead atoms. The zero-order valence-electron chi connectivity index (χ0n) is 17.1. The molecule has 0 aliphatic carbocycles. The predicted molar refractivity (Wildman–Crippen MR) is 117 cm³/mol. The fourth-order valence-electron chi connectivity index (χ4n) is 2.95. The summed E-state index contributed by atoms with van der Waals surface area (Å²) < 4.78 is 11.1. The fourth-order valence-corrected chi connectivity index (χ4v) is 2.95. The lowest BCUT2D eigenvalue weighted by atomic mass is 10.1. The highest BCUT2D eigenvalue weighted by molar-refractivity contribution is 6.06.